The molecule has 3 heteroatoms. The second-order valence-electron chi connectivity index (χ2n) is 7.22. The largest absolute Gasteiger partial charge is 0.474 e. The molecule has 118 valence electrons. The van der Waals surface area contributed by atoms with Crippen LogP contribution in [0.15, 0.2) is 12.1 Å². The van der Waals surface area contributed by atoms with Crippen LogP contribution in [0.1, 0.15) is 71.1 Å². The molecule has 1 aromatic rings. The Bertz CT molecular complexity index is 465. The predicted octanol–water partition coefficient (Wildman–Crippen LogP) is 4.22. The van der Waals surface area contributed by atoms with E-state index in [4.69, 9.17) is 4.74 Å². The van der Waals surface area contributed by atoms with Crippen molar-refractivity contribution in [3.8, 4) is 5.88 Å². The van der Waals surface area contributed by atoms with Gasteiger partial charge >= 0.3 is 0 Å². The summed E-state index contributed by atoms with van der Waals surface area (Å²) < 4.78 is 6.21. The van der Waals surface area contributed by atoms with Crippen molar-refractivity contribution in [3.05, 3.63) is 23.4 Å². The minimum atomic E-state index is -0.0417. The molecule has 1 saturated carbocycles. The lowest BCUT2D eigenvalue weighted by Gasteiger charge is -2.31. The van der Waals surface area contributed by atoms with Crippen LogP contribution in [-0.4, -0.2) is 16.2 Å². The summed E-state index contributed by atoms with van der Waals surface area (Å²) in [5.74, 6) is 1.31. The minimum Gasteiger partial charge on any atom is -0.474 e. The van der Waals surface area contributed by atoms with Gasteiger partial charge in [0.2, 0.25) is 5.88 Å². The molecule has 2 atom stereocenters. The number of aromatic nitrogens is 1. The van der Waals surface area contributed by atoms with Crippen LogP contribution in [0.5, 0.6) is 5.88 Å². The van der Waals surface area contributed by atoms with Crippen molar-refractivity contribution in [2.45, 2.75) is 77.9 Å². The Labute approximate surface area is 128 Å². The van der Waals surface area contributed by atoms with Crippen molar-refractivity contribution >= 4 is 0 Å². The predicted molar refractivity (Wildman–Crippen MR) is 85.5 cm³/mol. The second-order valence-corrected chi connectivity index (χ2v) is 7.22. The van der Waals surface area contributed by atoms with E-state index in [1.54, 1.807) is 0 Å². The average Bonchev–Trinajstić information content (AvgIpc) is 2.46. The minimum absolute atomic E-state index is 0.0316. The van der Waals surface area contributed by atoms with Gasteiger partial charge in [0, 0.05) is 11.5 Å². The molecule has 1 aliphatic rings. The van der Waals surface area contributed by atoms with Crippen LogP contribution in [0.2, 0.25) is 0 Å². The SMILES string of the molecule is CCC1CCCCC1Oc1cc(CO)cc(C(C)(C)C)n1. The van der Waals surface area contributed by atoms with Gasteiger partial charge < -0.3 is 9.84 Å². The zero-order valence-corrected chi connectivity index (χ0v) is 13.9. The lowest BCUT2D eigenvalue weighted by Crippen LogP contribution is -2.30. The fourth-order valence-electron chi connectivity index (χ4n) is 3.05. The average molecular weight is 291 g/mol. The number of hydrogen-bond donors (Lipinski definition) is 1. The molecular weight excluding hydrogens is 262 g/mol. The first-order valence-corrected chi connectivity index (χ1v) is 8.23. The highest BCUT2D eigenvalue weighted by molar-refractivity contribution is 5.28. The quantitative estimate of drug-likeness (QED) is 0.903. The Balaban J connectivity index is 2.22. The normalized spacial score (nSPS) is 23.1. The van der Waals surface area contributed by atoms with E-state index in [2.05, 4.69) is 32.7 Å². The van der Waals surface area contributed by atoms with E-state index < -0.39 is 0 Å². The van der Waals surface area contributed by atoms with Gasteiger partial charge in [-0.05, 0) is 43.2 Å². The van der Waals surface area contributed by atoms with Gasteiger partial charge in [-0.25, -0.2) is 4.98 Å². The summed E-state index contributed by atoms with van der Waals surface area (Å²) in [6, 6.07) is 3.86. The highest BCUT2D eigenvalue weighted by Crippen LogP contribution is 2.31. The number of hydrogen-bond acceptors (Lipinski definition) is 3. The molecule has 1 heterocycles. The van der Waals surface area contributed by atoms with Gasteiger partial charge in [0.15, 0.2) is 0 Å². The zero-order valence-electron chi connectivity index (χ0n) is 13.9. The van der Waals surface area contributed by atoms with Crippen molar-refractivity contribution in [2.24, 2.45) is 5.92 Å². The molecule has 0 aromatic carbocycles. The molecule has 1 aromatic heterocycles. The molecule has 0 radical (unpaired) electrons. The molecule has 3 nitrogen and oxygen atoms in total. The van der Waals surface area contributed by atoms with Crippen LogP contribution < -0.4 is 4.74 Å². The number of nitrogens with zero attached hydrogens (tertiary/aromatic N) is 1. The molecule has 0 spiro atoms. The van der Waals surface area contributed by atoms with Crippen molar-refractivity contribution in [1.29, 1.82) is 0 Å². The van der Waals surface area contributed by atoms with Crippen molar-refractivity contribution in [3.63, 3.8) is 0 Å². The molecule has 0 amide bonds. The van der Waals surface area contributed by atoms with E-state index in [1.165, 1.54) is 19.3 Å². The maximum Gasteiger partial charge on any atom is 0.214 e. The molecule has 2 rings (SSSR count). The van der Waals surface area contributed by atoms with Crippen LogP contribution in [0.3, 0.4) is 0 Å². The van der Waals surface area contributed by atoms with Gasteiger partial charge in [-0.2, -0.15) is 0 Å². The van der Waals surface area contributed by atoms with Crippen LogP contribution >= 0.6 is 0 Å². The van der Waals surface area contributed by atoms with E-state index in [0.717, 1.165) is 24.1 Å². The van der Waals surface area contributed by atoms with Crippen LogP contribution in [0, 0.1) is 5.92 Å². The lowest BCUT2D eigenvalue weighted by molar-refractivity contribution is 0.0851. The van der Waals surface area contributed by atoms with Gasteiger partial charge in [0.25, 0.3) is 0 Å². The number of pyridine rings is 1. The Morgan fingerprint density at radius 2 is 1.95 bits per heavy atom. The number of ether oxygens (including phenoxy) is 1. The molecule has 0 bridgehead atoms. The fourth-order valence-corrected chi connectivity index (χ4v) is 3.05. The molecule has 0 saturated heterocycles. The van der Waals surface area contributed by atoms with Crippen LogP contribution in [0.25, 0.3) is 0 Å². The van der Waals surface area contributed by atoms with Gasteiger partial charge in [-0.1, -0.05) is 34.1 Å². The first-order chi connectivity index (χ1) is 9.94. The first-order valence-electron chi connectivity index (χ1n) is 8.23. The maximum atomic E-state index is 9.47. The Hall–Kier alpha value is -1.09. The monoisotopic (exact) mass is 291 g/mol. The summed E-state index contributed by atoms with van der Waals surface area (Å²) in [5, 5.41) is 9.47. The highest BCUT2D eigenvalue weighted by Gasteiger charge is 2.26. The second kappa shape index (κ2) is 6.78. The summed E-state index contributed by atoms with van der Waals surface area (Å²) in [4.78, 5) is 4.68. The van der Waals surface area contributed by atoms with Crippen molar-refractivity contribution in [2.75, 3.05) is 0 Å². The van der Waals surface area contributed by atoms with Crippen LogP contribution in [-0.2, 0) is 12.0 Å². The summed E-state index contributed by atoms with van der Waals surface area (Å²) >= 11 is 0. The van der Waals surface area contributed by atoms with E-state index in [0.29, 0.717) is 11.8 Å². The van der Waals surface area contributed by atoms with E-state index >= 15 is 0 Å². The number of rotatable bonds is 4. The first kappa shape index (κ1) is 16.3. The molecule has 1 N–H and O–H groups in total. The standard InChI is InChI=1S/C18H29NO2/c1-5-14-8-6-7-9-15(14)21-17-11-13(12-20)10-16(19-17)18(2,3)4/h10-11,14-15,20H,5-9,12H2,1-4H3. The lowest BCUT2D eigenvalue weighted by atomic mass is 9.85. The third-order valence-corrected chi connectivity index (χ3v) is 4.45. The summed E-state index contributed by atoms with van der Waals surface area (Å²) in [6.07, 6.45) is 6.37. The molecule has 21 heavy (non-hydrogen) atoms. The third kappa shape index (κ3) is 4.19. The smallest absolute Gasteiger partial charge is 0.214 e. The molecular formula is C18H29NO2. The van der Waals surface area contributed by atoms with Crippen LogP contribution in [0.4, 0.5) is 0 Å². The zero-order chi connectivity index (χ0) is 15.5. The number of aliphatic hydroxyl groups is 1. The Morgan fingerprint density at radius 3 is 2.57 bits per heavy atom. The summed E-state index contributed by atoms with van der Waals surface area (Å²) in [5.41, 5.74) is 1.82. The Morgan fingerprint density at radius 1 is 1.24 bits per heavy atom. The van der Waals surface area contributed by atoms with Gasteiger partial charge in [0.1, 0.15) is 6.10 Å². The van der Waals surface area contributed by atoms with E-state index in [-0.39, 0.29) is 18.1 Å². The van der Waals surface area contributed by atoms with E-state index in [9.17, 15) is 5.11 Å². The maximum absolute atomic E-state index is 9.47. The molecule has 1 fully saturated rings. The summed E-state index contributed by atoms with van der Waals surface area (Å²) in [6.45, 7) is 8.68. The molecule has 2 unspecified atom stereocenters. The van der Waals surface area contributed by atoms with Crippen molar-refractivity contribution in [1.82, 2.24) is 4.98 Å². The molecule has 0 aliphatic heterocycles. The van der Waals surface area contributed by atoms with Gasteiger partial charge in [-0.15, -0.1) is 0 Å². The van der Waals surface area contributed by atoms with Gasteiger partial charge in [-0.3, -0.25) is 0 Å². The molecule has 1 aliphatic carbocycles. The summed E-state index contributed by atoms with van der Waals surface area (Å²) in [7, 11) is 0. The Kier molecular flexibility index (Phi) is 5.26. The van der Waals surface area contributed by atoms with Gasteiger partial charge in [0.05, 0.1) is 12.3 Å². The third-order valence-electron chi connectivity index (χ3n) is 4.45. The van der Waals surface area contributed by atoms with Crippen molar-refractivity contribution < 1.29 is 9.84 Å². The highest BCUT2D eigenvalue weighted by atomic mass is 16.5. The fraction of sp³-hybridized carbons (Fsp3) is 0.722. The number of aliphatic hydroxyl groups excluding tert-OH is 1. The van der Waals surface area contributed by atoms with E-state index in [1.807, 2.05) is 12.1 Å². The topological polar surface area (TPSA) is 42.4 Å².